The predicted octanol–water partition coefficient (Wildman–Crippen LogP) is 1.28. The molecule has 0 radical (unpaired) electrons. The molecule has 0 spiro atoms. The van der Waals surface area contributed by atoms with Crippen LogP contribution in [0.3, 0.4) is 0 Å². The van der Waals surface area contributed by atoms with Gasteiger partial charge in [-0.15, -0.1) is 0 Å². The van der Waals surface area contributed by atoms with Gasteiger partial charge >= 0.3 is 6.09 Å². The maximum absolute atomic E-state index is 11.3. The number of nitrogens with two attached hydrogens (primary N) is 1. The molecule has 0 unspecified atom stereocenters. The number of hydrogen-bond acceptors (Lipinski definition) is 4. The monoisotopic (exact) mass is 231 g/mol. The van der Waals surface area contributed by atoms with Crippen molar-refractivity contribution in [3.63, 3.8) is 0 Å². The smallest absolute Gasteiger partial charge is 0.407 e. The van der Waals surface area contributed by atoms with Crippen LogP contribution in [-0.4, -0.2) is 29.3 Å². The molecule has 0 saturated carbocycles. The third-order valence-corrected chi connectivity index (χ3v) is 1.87. The van der Waals surface area contributed by atoms with Gasteiger partial charge in [-0.3, -0.25) is 0 Å². The van der Waals surface area contributed by atoms with Crippen LogP contribution in [0.4, 0.5) is 4.79 Å². The first-order chi connectivity index (χ1) is 7.08. The molecule has 0 bridgehead atoms. The zero-order valence-corrected chi connectivity index (χ0v) is 10.5. The second-order valence-corrected chi connectivity index (χ2v) is 5.22. The van der Waals surface area contributed by atoms with Gasteiger partial charge in [0.25, 0.3) is 0 Å². The summed E-state index contributed by atoms with van der Waals surface area (Å²) in [4.78, 5) is 11.3. The molecule has 0 rings (SSSR count). The van der Waals surface area contributed by atoms with E-state index in [4.69, 9.17) is 15.7 Å². The Labute approximate surface area is 95.8 Å². The van der Waals surface area contributed by atoms with Gasteiger partial charge in [-0.1, -0.05) is 19.0 Å². The van der Waals surface area contributed by atoms with E-state index in [0.29, 0.717) is 0 Å². The van der Waals surface area contributed by atoms with Crippen molar-refractivity contribution in [2.24, 2.45) is 16.3 Å². The molecule has 0 fully saturated rings. The lowest BCUT2D eigenvalue weighted by atomic mass is 9.92. The Morgan fingerprint density at radius 2 is 1.88 bits per heavy atom. The zero-order chi connectivity index (χ0) is 13.0. The van der Waals surface area contributed by atoms with Crippen molar-refractivity contribution in [1.29, 1.82) is 0 Å². The van der Waals surface area contributed by atoms with Gasteiger partial charge in [-0.2, -0.15) is 0 Å². The van der Waals surface area contributed by atoms with E-state index >= 15 is 0 Å². The fraction of sp³-hybridized carbons (Fsp3) is 0.800. The van der Waals surface area contributed by atoms with E-state index in [2.05, 4.69) is 10.5 Å². The molecule has 94 valence electrons. The largest absolute Gasteiger partial charge is 0.444 e. The lowest BCUT2D eigenvalue weighted by Crippen LogP contribution is -2.44. The molecule has 0 atom stereocenters. The van der Waals surface area contributed by atoms with E-state index in [1.54, 1.807) is 34.6 Å². The second-order valence-electron chi connectivity index (χ2n) is 5.22. The standard InChI is InChI=1S/C10H21N3O3/c1-9(2,3)16-8(14)12-6-10(4,5)7(11)13-15/h15H,6H2,1-5H3,(H2,11,13)(H,12,14). The number of ether oxygens (including phenoxy) is 1. The number of amides is 1. The van der Waals surface area contributed by atoms with Crippen LogP contribution in [0.5, 0.6) is 0 Å². The lowest BCUT2D eigenvalue weighted by molar-refractivity contribution is 0.0515. The van der Waals surface area contributed by atoms with Gasteiger partial charge in [0.15, 0.2) is 0 Å². The van der Waals surface area contributed by atoms with Crippen molar-refractivity contribution in [3.8, 4) is 0 Å². The number of carbonyl (C=O) groups excluding carboxylic acids is 1. The van der Waals surface area contributed by atoms with Gasteiger partial charge in [0.05, 0.1) is 0 Å². The summed E-state index contributed by atoms with van der Waals surface area (Å²) in [5.41, 5.74) is 4.32. The molecular formula is C10H21N3O3. The number of hydrogen-bond donors (Lipinski definition) is 3. The number of alkyl carbamates (subject to hydrolysis) is 1. The van der Waals surface area contributed by atoms with E-state index in [1.165, 1.54) is 0 Å². The fourth-order valence-corrected chi connectivity index (χ4v) is 0.833. The highest BCUT2D eigenvalue weighted by molar-refractivity contribution is 5.86. The summed E-state index contributed by atoms with van der Waals surface area (Å²) < 4.78 is 5.05. The molecule has 0 saturated heterocycles. The van der Waals surface area contributed by atoms with Gasteiger partial charge in [-0.05, 0) is 20.8 Å². The maximum atomic E-state index is 11.3. The van der Waals surface area contributed by atoms with Crippen molar-refractivity contribution in [1.82, 2.24) is 5.32 Å². The van der Waals surface area contributed by atoms with Crippen molar-refractivity contribution < 1.29 is 14.7 Å². The lowest BCUT2D eigenvalue weighted by Gasteiger charge is -2.25. The molecule has 0 aliphatic heterocycles. The number of rotatable bonds is 3. The van der Waals surface area contributed by atoms with Crippen LogP contribution in [-0.2, 0) is 4.74 Å². The Kier molecular flexibility index (Phi) is 4.59. The van der Waals surface area contributed by atoms with Crippen LogP contribution in [0.2, 0.25) is 0 Å². The number of nitrogens with one attached hydrogen (secondary N) is 1. The quantitative estimate of drug-likeness (QED) is 0.295. The first kappa shape index (κ1) is 14.5. The first-order valence-electron chi connectivity index (χ1n) is 5.03. The Bertz CT molecular complexity index is 280. The van der Waals surface area contributed by atoms with E-state index in [9.17, 15) is 4.79 Å². The first-order valence-corrected chi connectivity index (χ1v) is 5.03. The van der Waals surface area contributed by atoms with Crippen LogP contribution in [0, 0.1) is 5.41 Å². The summed E-state index contributed by atoms with van der Waals surface area (Å²) in [6.45, 7) is 9.07. The van der Waals surface area contributed by atoms with Crippen molar-refractivity contribution in [2.75, 3.05) is 6.54 Å². The highest BCUT2D eigenvalue weighted by atomic mass is 16.6. The predicted molar refractivity (Wildman–Crippen MR) is 61.4 cm³/mol. The van der Waals surface area contributed by atoms with E-state index in [-0.39, 0.29) is 12.4 Å². The highest BCUT2D eigenvalue weighted by Crippen LogP contribution is 2.14. The Balaban J connectivity index is 4.21. The normalized spacial score (nSPS) is 13.4. The van der Waals surface area contributed by atoms with E-state index in [1.807, 2.05) is 0 Å². The van der Waals surface area contributed by atoms with Gasteiger partial charge in [0.1, 0.15) is 11.4 Å². The highest BCUT2D eigenvalue weighted by Gasteiger charge is 2.25. The summed E-state index contributed by atoms with van der Waals surface area (Å²) in [5.74, 6) is 0.0589. The molecule has 1 amide bonds. The van der Waals surface area contributed by atoms with Gasteiger partial charge in [0.2, 0.25) is 0 Å². The van der Waals surface area contributed by atoms with Crippen molar-refractivity contribution >= 4 is 11.9 Å². The molecule has 6 nitrogen and oxygen atoms in total. The average Bonchev–Trinajstić information content (AvgIpc) is 2.11. The van der Waals surface area contributed by atoms with Gasteiger partial charge < -0.3 is 21.0 Å². The summed E-state index contributed by atoms with van der Waals surface area (Å²) >= 11 is 0. The topological polar surface area (TPSA) is 96.9 Å². The molecule has 0 aromatic carbocycles. The number of nitrogens with zero attached hydrogens (tertiary/aromatic N) is 1. The Hall–Kier alpha value is -1.46. The van der Waals surface area contributed by atoms with Gasteiger partial charge in [-0.25, -0.2) is 4.79 Å². The third kappa shape index (κ3) is 5.43. The number of amidine groups is 1. The van der Waals surface area contributed by atoms with Crippen molar-refractivity contribution in [3.05, 3.63) is 0 Å². The molecule has 0 heterocycles. The fourth-order valence-electron chi connectivity index (χ4n) is 0.833. The molecule has 16 heavy (non-hydrogen) atoms. The summed E-state index contributed by atoms with van der Waals surface area (Å²) in [6.07, 6.45) is -0.522. The maximum Gasteiger partial charge on any atom is 0.407 e. The minimum Gasteiger partial charge on any atom is -0.444 e. The average molecular weight is 231 g/mol. The zero-order valence-electron chi connectivity index (χ0n) is 10.5. The Morgan fingerprint density at radius 1 is 1.38 bits per heavy atom. The minimum atomic E-state index is -0.619. The number of carbonyl (C=O) groups is 1. The second kappa shape index (κ2) is 5.05. The molecule has 0 aromatic rings. The van der Waals surface area contributed by atoms with E-state index < -0.39 is 17.1 Å². The third-order valence-electron chi connectivity index (χ3n) is 1.87. The molecular weight excluding hydrogens is 210 g/mol. The van der Waals surface area contributed by atoms with Crippen LogP contribution in [0.25, 0.3) is 0 Å². The number of oxime groups is 1. The molecule has 4 N–H and O–H groups in total. The van der Waals surface area contributed by atoms with Crippen LogP contribution < -0.4 is 11.1 Å². The summed E-state index contributed by atoms with van der Waals surface area (Å²) in [6, 6.07) is 0. The summed E-state index contributed by atoms with van der Waals surface area (Å²) in [7, 11) is 0. The molecule has 0 aromatic heterocycles. The van der Waals surface area contributed by atoms with Gasteiger partial charge in [0, 0.05) is 12.0 Å². The van der Waals surface area contributed by atoms with Crippen LogP contribution in [0.15, 0.2) is 5.16 Å². The Morgan fingerprint density at radius 3 is 2.25 bits per heavy atom. The SMILES string of the molecule is CC(C)(C)OC(=O)NCC(C)(C)C(N)=NO. The van der Waals surface area contributed by atoms with Crippen LogP contribution >= 0.6 is 0 Å². The molecule has 0 aliphatic rings. The summed E-state index contributed by atoms with van der Waals surface area (Å²) in [5, 5.41) is 14.0. The minimum absolute atomic E-state index is 0.0589. The molecule has 0 aliphatic carbocycles. The molecule has 6 heteroatoms. The van der Waals surface area contributed by atoms with Crippen molar-refractivity contribution in [2.45, 2.75) is 40.2 Å². The van der Waals surface area contributed by atoms with Crippen LogP contribution in [0.1, 0.15) is 34.6 Å². The van der Waals surface area contributed by atoms with E-state index in [0.717, 1.165) is 0 Å².